The molecule has 4 N–H and O–H groups in total. The number of nitrogens with zero attached hydrogens (tertiary/aromatic N) is 1. The summed E-state index contributed by atoms with van der Waals surface area (Å²) in [5, 5.41) is 10.6. The second kappa shape index (κ2) is 5.14. The average Bonchev–Trinajstić information content (AvgIpc) is 2.95. The van der Waals surface area contributed by atoms with Gasteiger partial charge in [-0.1, -0.05) is 30.3 Å². The van der Waals surface area contributed by atoms with Crippen LogP contribution in [0.3, 0.4) is 0 Å². The number of anilines is 1. The molecule has 1 aromatic heterocycles. The zero-order valence-corrected chi connectivity index (χ0v) is 10.7. The van der Waals surface area contributed by atoms with E-state index in [1.165, 1.54) is 0 Å². The molecule has 1 atom stereocenters. The molecular formula is C15H14N4O. The van der Waals surface area contributed by atoms with E-state index in [1.807, 2.05) is 48.5 Å². The number of carbonyl (C=O) groups is 1. The number of aromatic nitrogens is 2. The van der Waals surface area contributed by atoms with Gasteiger partial charge in [-0.15, -0.1) is 0 Å². The van der Waals surface area contributed by atoms with E-state index in [-0.39, 0.29) is 5.91 Å². The fraction of sp³-hybridized carbons (Fsp3) is 0.0667. The van der Waals surface area contributed by atoms with Crippen LogP contribution in [0.25, 0.3) is 10.9 Å². The number of amides is 1. The molecular weight excluding hydrogens is 252 g/mol. The third-order valence-electron chi connectivity index (χ3n) is 3.15. The van der Waals surface area contributed by atoms with E-state index in [1.54, 1.807) is 6.20 Å². The summed E-state index contributed by atoms with van der Waals surface area (Å²) in [5.74, 6) is -0.241. The van der Waals surface area contributed by atoms with Gasteiger partial charge in [0.05, 0.1) is 11.7 Å². The Labute approximate surface area is 115 Å². The number of fused-ring (bicyclic) bond motifs is 1. The number of rotatable bonds is 3. The Bertz CT molecular complexity index is 736. The van der Waals surface area contributed by atoms with Crippen molar-refractivity contribution < 1.29 is 4.79 Å². The van der Waals surface area contributed by atoms with Crippen molar-refractivity contribution in [3.8, 4) is 0 Å². The van der Waals surface area contributed by atoms with Crippen LogP contribution >= 0.6 is 0 Å². The van der Waals surface area contributed by atoms with Crippen LogP contribution in [0.2, 0.25) is 0 Å². The highest BCUT2D eigenvalue weighted by Crippen LogP contribution is 2.18. The Morgan fingerprint density at radius 2 is 2.00 bits per heavy atom. The van der Waals surface area contributed by atoms with Crippen molar-refractivity contribution >= 4 is 22.5 Å². The van der Waals surface area contributed by atoms with E-state index in [2.05, 4.69) is 15.5 Å². The van der Waals surface area contributed by atoms with Gasteiger partial charge in [0.2, 0.25) is 5.91 Å². The molecule has 3 aromatic rings. The Morgan fingerprint density at radius 3 is 2.80 bits per heavy atom. The van der Waals surface area contributed by atoms with E-state index in [4.69, 9.17) is 5.73 Å². The maximum atomic E-state index is 12.1. The second-order valence-corrected chi connectivity index (χ2v) is 4.55. The van der Waals surface area contributed by atoms with E-state index < -0.39 is 6.04 Å². The summed E-state index contributed by atoms with van der Waals surface area (Å²) in [7, 11) is 0. The molecule has 1 unspecified atom stereocenters. The molecule has 0 fully saturated rings. The maximum absolute atomic E-state index is 12.1. The summed E-state index contributed by atoms with van der Waals surface area (Å²) in [6.45, 7) is 0. The third-order valence-corrected chi connectivity index (χ3v) is 3.15. The molecule has 0 aliphatic heterocycles. The van der Waals surface area contributed by atoms with Crippen molar-refractivity contribution in [1.29, 1.82) is 0 Å². The van der Waals surface area contributed by atoms with Crippen LogP contribution in [0, 0.1) is 0 Å². The molecule has 0 saturated heterocycles. The predicted octanol–water partition coefficient (Wildman–Crippen LogP) is 2.20. The van der Waals surface area contributed by atoms with Gasteiger partial charge in [0, 0.05) is 11.1 Å². The van der Waals surface area contributed by atoms with Crippen molar-refractivity contribution in [2.45, 2.75) is 6.04 Å². The molecule has 1 amide bonds. The molecule has 5 heteroatoms. The first-order valence-electron chi connectivity index (χ1n) is 6.28. The minimum absolute atomic E-state index is 0.241. The molecule has 0 saturated carbocycles. The summed E-state index contributed by atoms with van der Waals surface area (Å²) in [6.07, 6.45) is 1.73. The SMILES string of the molecule is NC(C(=O)Nc1ccc2cn[nH]c2c1)c1ccccc1. The number of aromatic amines is 1. The highest BCUT2D eigenvalue weighted by molar-refractivity contribution is 5.97. The minimum atomic E-state index is -0.686. The van der Waals surface area contributed by atoms with Crippen LogP contribution < -0.4 is 11.1 Å². The number of nitrogens with two attached hydrogens (primary N) is 1. The van der Waals surface area contributed by atoms with Gasteiger partial charge in [0.15, 0.2) is 0 Å². The van der Waals surface area contributed by atoms with Gasteiger partial charge in [0.1, 0.15) is 6.04 Å². The lowest BCUT2D eigenvalue weighted by atomic mass is 10.1. The normalized spacial score (nSPS) is 12.2. The zero-order chi connectivity index (χ0) is 13.9. The zero-order valence-electron chi connectivity index (χ0n) is 10.7. The molecule has 2 aromatic carbocycles. The molecule has 0 bridgehead atoms. The Hall–Kier alpha value is -2.66. The lowest BCUT2D eigenvalue weighted by molar-refractivity contribution is -0.117. The van der Waals surface area contributed by atoms with E-state index in [0.29, 0.717) is 5.69 Å². The summed E-state index contributed by atoms with van der Waals surface area (Å²) >= 11 is 0. The molecule has 3 rings (SSSR count). The molecule has 20 heavy (non-hydrogen) atoms. The van der Waals surface area contributed by atoms with E-state index in [9.17, 15) is 4.79 Å². The fourth-order valence-corrected chi connectivity index (χ4v) is 2.05. The molecule has 0 radical (unpaired) electrons. The van der Waals surface area contributed by atoms with Gasteiger partial charge in [-0.3, -0.25) is 9.89 Å². The monoisotopic (exact) mass is 266 g/mol. The topological polar surface area (TPSA) is 83.8 Å². The van der Waals surface area contributed by atoms with Gasteiger partial charge >= 0.3 is 0 Å². The number of hydrogen-bond acceptors (Lipinski definition) is 3. The van der Waals surface area contributed by atoms with Crippen molar-refractivity contribution in [3.05, 3.63) is 60.3 Å². The molecule has 0 spiro atoms. The number of benzene rings is 2. The molecule has 1 heterocycles. The van der Waals surface area contributed by atoms with Crippen molar-refractivity contribution in [2.75, 3.05) is 5.32 Å². The minimum Gasteiger partial charge on any atom is -0.324 e. The Balaban J connectivity index is 1.78. The first-order chi connectivity index (χ1) is 9.74. The van der Waals surface area contributed by atoms with Gasteiger partial charge < -0.3 is 11.1 Å². The van der Waals surface area contributed by atoms with Crippen LogP contribution in [0.1, 0.15) is 11.6 Å². The average molecular weight is 266 g/mol. The molecule has 0 aliphatic rings. The van der Waals surface area contributed by atoms with Gasteiger partial charge in [0.25, 0.3) is 0 Å². The number of hydrogen-bond donors (Lipinski definition) is 3. The Morgan fingerprint density at radius 1 is 1.20 bits per heavy atom. The van der Waals surface area contributed by atoms with Crippen LogP contribution in [0.15, 0.2) is 54.7 Å². The van der Waals surface area contributed by atoms with E-state index >= 15 is 0 Å². The van der Waals surface area contributed by atoms with Crippen LogP contribution in [-0.2, 0) is 4.79 Å². The van der Waals surface area contributed by atoms with Gasteiger partial charge in [-0.25, -0.2) is 0 Å². The van der Waals surface area contributed by atoms with Crippen LogP contribution in [0.4, 0.5) is 5.69 Å². The first-order valence-corrected chi connectivity index (χ1v) is 6.28. The number of nitrogens with one attached hydrogen (secondary N) is 2. The number of H-pyrrole nitrogens is 1. The van der Waals surface area contributed by atoms with Crippen LogP contribution in [0.5, 0.6) is 0 Å². The Kier molecular flexibility index (Phi) is 3.18. The molecule has 100 valence electrons. The van der Waals surface area contributed by atoms with Crippen LogP contribution in [-0.4, -0.2) is 16.1 Å². The highest BCUT2D eigenvalue weighted by Gasteiger charge is 2.15. The van der Waals surface area contributed by atoms with Crippen molar-refractivity contribution in [1.82, 2.24) is 10.2 Å². The van der Waals surface area contributed by atoms with Crippen molar-refractivity contribution in [3.63, 3.8) is 0 Å². The summed E-state index contributed by atoms with van der Waals surface area (Å²) < 4.78 is 0. The van der Waals surface area contributed by atoms with E-state index in [0.717, 1.165) is 16.5 Å². The second-order valence-electron chi connectivity index (χ2n) is 4.55. The summed E-state index contributed by atoms with van der Waals surface area (Å²) in [5.41, 5.74) is 8.30. The smallest absolute Gasteiger partial charge is 0.245 e. The molecule has 5 nitrogen and oxygen atoms in total. The van der Waals surface area contributed by atoms with Gasteiger partial charge in [-0.2, -0.15) is 5.10 Å². The maximum Gasteiger partial charge on any atom is 0.245 e. The third kappa shape index (κ3) is 2.39. The van der Waals surface area contributed by atoms with Crippen molar-refractivity contribution in [2.24, 2.45) is 5.73 Å². The quantitative estimate of drug-likeness (QED) is 0.679. The van der Waals surface area contributed by atoms with Gasteiger partial charge in [-0.05, 0) is 23.8 Å². The summed E-state index contributed by atoms with van der Waals surface area (Å²) in [4.78, 5) is 12.1. The number of carbonyl (C=O) groups excluding carboxylic acids is 1. The predicted molar refractivity (Wildman–Crippen MR) is 78.1 cm³/mol. The largest absolute Gasteiger partial charge is 0.324 e. The highest BCUT2D eigenvalue weighted by atomic mass is 16.2. The first kappa shape index (κ1) is 12.4. The lowest BCUT2D eigenvalue weighted by Gasteiger charge is -2.12. The standard InChI is InChI=1S/C15H14N4O/c16-14(10-4-2-1-3-5-10)15(20)18-12-7-6-11-9-17-19-13(11)8-12/h1-9,14H,16H2,(H,17,19)(H,18,20). The summed E-state index contributed by atoms with van der Waals surface area (Å²) in [6, 6.07) is 14.1. The lowest BCUT2D eigenvalue weighted by Crippen LogP contribution is -2.27. The molecule has 0 aliphatic carbocycles. The fourth-order valence-electron chi connectivity index (χ4n) is 2.05.